The lowest BCUT2D eigenvalue weighted by molar-refractivity contribution is -0.00354. The van der Waals surface area contributed by atoms with Gasteiger partial charge in [0.2, 0.25) is 0 Å². The maximum atomic E-state index is 13.6. The molecule has 2 aromatic heterocycles. The number of hydrogen-bond acceptors (Lipinski definition) is 3. The van der Waals surface area contributed by atoms with Crippen LogP contribution in [-0.4, -0.2) is 46.9 Å². The number of likely N-dealkylation sites (N-methyl/N-ethyl adjacent to an activating group) is 1. The number of aromatic nitrogens is 1. The van der Waals surface area contributed by atoms with Crippen molar-refractivity contribution < 1.29 is 9.21 Å². The lowest BCUT2D eigenvalue weighted by Gasteiger charge is -2.55. The molecule has 0 saturated heterocycles. The van der Waals surface area contributed by atoms with Crippen LogP contribution in [0.15, 0.2) is 59.2 Å². The number of nitrogens with zero attached hydrogens (tertiary/aromatic N) is 2. The van der Waals surface area contributed by atoms with Gasteiger partial charge in [0.25, 0.3) is 5.91 Å². The highest BCUT2D eigenvalue weighted by molar-refractivity contribution is 5.93. The number of H-pyrrole nitrogens is 1. The predicted molar refractivity (Wildman–Crippen MR) is 123 cm³/mol. The zero-order valence-corrected chi connectivity index (χ0v) is 18.7. The van der Waals surface area contributed by atoms with E-state index in [-0.39, 0.29) is 17.0 Å². The number of benzene rings is 1. The molecule has 162 valence electrons. The van der Waals surface area contributed by atoms with Gasteiger partial charge in [0.15, 0.2) is 5.76 Å². The Morgan fingerprint density at radius 2 is 1.87 bits per heavy atom. The second-order valence-electron chi connectivity index (χ2n) is 9.45. The van der Waals surface area contributed by atoms with E-state index in [1.165, 1.54) is 22.2 Å². The third-order valence-electron chi connectivity index (χ3n) is 7.91. The van der Waals surface area contributed by atoms with E-state index in [1.54, 1.807) is 18.4 Å². The number of aromatic amines is 1. The molecule has 0 unspecified atom stereocenters. The van der Waals surface area contributed by atoms with Crippen LogP contribution in [0.4, 0.5) is 0 Å². The monoisotopic (exact) mass is 417 g/mol. The maximum Gasteiger partial charge on any atom is 0.290 e. The largest absolute Gasteiger partial charge is 0.459 e. The third-order valence-corrected chi connectivity index (χ3v) is 7.91. The number of amides is 1. The number of carbonyl (C=O) groups is 1. The van der Waals surface area contributed by atoms with Crippen molar-refractivity contribution in [1.29, 1.82) is 0 Å². The van der Waals surface area contributed by atoms with E-state index in [9.17, 15) is 4.79 Å². The number of nitrogens with one attached hydrogen (secondary N) is 1. The number of hydrogen-bond donors (Lipinski definition) is 1. The van der Waals surface area contributed by atoms with Crippen LogP contribution in [0.3, 0.4) is 0 Å². The molecule has 31 heavy (non-hydrogen) atoms. The van der Waals surface area contributed by atoms with Gasteiger partial charge in [-0.3, -0.25) is 4.79 Å². The normalized spacial score (nSPS) is 25.9. The average molecular weight is 418 g/mol. The van der Waals surface area contributed by atoms with Gasteiger partial charge in [0.1, 0.15) is 0 Å². The molecule has 0 atom stereocenters. The molecule has 5 rings (SSSR count). The predicted octanol–water partition coefficient (Wildman–Crippen LogP) is 5.11. The molecular formula is C26H31N3O2. The van der Waals surface area contributed by atoms with Gasteiger partial charge in [-0.2, -0.15) is 0 Å². The van der Waals surface area contributed by atoms with Gasteiger partial charge >= 0.3 is 0 Å². The van der Waals surface area contributed by atoms with Crippen molar-refractivity contribution in [2.45, 2.75) is 50.1 Å². The number of rotatable bonds is 3. The molecular weight excluding hydrogens is 386 g/mol. The van der Waals surface area contributed by atoms with Gasteiger partial charge in [0.05, 0.1) is 11.8 Å². The Morgan fingerprint density at radius 1 is 1.13 bits per heavy atom. The molecule has 1 saturated carbocycles. The minimum absolute atomic E-state index is 0.0121. The Labute approximate surface area is 183 Å². The number of para-hydroxylation sites is 1. The topological polar surface area (TPSA) is 52.5 Å². The maximum absolute atomic E-state index is 13.6. The van der Waals surface area contributed by atoms with Crippen molar-refractivity contribution in [3.63, 3.8) is 0 Å². The van der Waals surface area contributed by atoms with Gasteiger partial charge in [-0.25, -0.2) is 0 Å². The van der Waals surface area contributed by atoms with Gasteiger partial charge in [-0.1, -0.05) is 30.4 Å². The molecule has 1 aliphatic carbocycles. The molecule has 1 aliphatic heterocycles. The summed E-state index contributed by atoms with van der Waals surface area (Å²) in [6.45, 7) is 7.18. The van der Waals surface area contributed by atoms with E-state index in [0.29, 0.717) is 12.3 Å². The standard InChI is InChI=1S/C26H31N3O2/c1-18(2)25(28(3)4)12-14-26(15-13-25)23-20(19-8-5-6-9-21(19)27-23)11-16-29(26)24(30)22-10-7-17-31-22/h5-10,17,27H,1,11-16H2,2-4H3. The van der Waals surface area contributed by atoms with Crippen LogP contribution < -0.4 is 0 Å². The summed E-state index contributed by atoms with van der Waals surface area (Å²) in [6, 6.07) is 12.1. The van der Waals surface area contributed by atoms with Crippen LogP contribution in [0.1, 0.15) is 54.4 Å². The zero-order valence-electron chi connectivity index (χ0n) is 18.7. The minimum Gasteiger partial charge on any atom is -0.459 e. The molecule has 1 spiro atoms. The summed E-state index contributed by atoms with van der Waals surface area (Å²) >= 11 is 0. The fourth-order valence-corrected chi connectivity index (χ4v) is 6.11. The summed E-state index contributed by atoms with van der Waals surface area (Å²) in [5.41, 5.74) is 4.55. The summed E-state index contributed by atoms with van der Waals surface area (Å²) < 4.78 is 5.52. The fraction of sp³-hybridized carbons (Fsp3) is 0.423. The Kier molecular flexibility index (Phi) is 4.63. The Balaban J connectivity index is 1.63. The molecule has 3 aromatic rings. The SMILES string of the molecule is C=C(C)C1(N(C)C)CCC2(CC1)c1[nH]c3ccccc3c1CCN2C(=O)c1ccco1. The molecule has 2 aliphatic rings. The molecule has 1 fully saturated rings. The molecule has 3 heterocycles. The Morgan fingerprint density at radius 3 is 2.52 bits per heavy atom. The van der Waals surface area contributed by atoms with Crippen LogP contribution in [0.2, 0.25) is 0 Å². The number of fused-ring (bicyclic) bond motifs is 4. The first-order chi connectivity index (χ1) is 14.9. The van der Waals surface area contributed by atoms with E-state index < -0.39 is 0 Å². The highest BCUT2D eigenvalue weighted by Gasteiger charge is 2.53. The second kappa shape index (κ2) is 7.13. The summed E-state index contributed by atoms with van der Waals surface area (Å²) in [4.78, 5) is 21.7. The van der Waals surface area contributed by atoms with Crippen molar-refractivity contribution >= 4 is 16.8 Å². The van der Waals surface area contributed by atoms with Crippen LogP contribution in [0.5, 0.6) is 0 Å². The molecule has 1 amide bonds. The highest BCUT2D eigenvalue weighted by atomic mass is 16.3. The van der Waals surface area contributed by atoms with Crippen molar-refractivity contribution in [3.8, 4) is 0 Å². The average Bonchev–Trinajstić information content (AvgIpc) is 3.43. The van der Waals surface area contributed by atoms with Crippen LogP contribution in [-0.2, 0) is 12.0 Å². The van der Waals surface area contributed by atoms with Crippen LogP contribution in [0, 0.1) is 0 Å². The quantitative estimate of drug-likeness (QED) is 0.603. The van der Waals surface area contributed by atoms with E-state index in [1.807, 2.05) is 0 Å². The summed E-state index contributed by atoms with van der Waals surface area (Å²) in [6.07, 6.45) is 6.15. The zero-order chi connectivity index (χ0) is 21.8. The Hall–Kier alpha value is -2.79. The second-order valence-corrected chi connectivity index (χ2v) is 9.45. The lowest BCUT2D eigenvalue weighted by atomic mass is 9.65. The van der Waals surface area contributed by atoms with Gasteiger partial charge < -0.3 is 19.2 Å². The highest BCUT2D eigenvalue weighted by Crippen LogP contribution is 2.52. The third kappa shape index (κ3) is 2.83. The molecule has 5 nitrogen and oxygen atoms in total. The van der Waals surface area contributed by atoms with E-state index in [0.717, 1.165) is 37.6 Å². The van der Waals surface area contributed by atoms with Crippen molar-refractivity contribution in [2.24, 2.45) is 0 Å². The number of furan rings is 1. The van der Waals surface area contributed by atoms with Gasteiger partial charge in [0, 0.05) is 28.7 Å². The fourth-order valence-electron chi connectivity index (χ4n) is 6.11. The first-order valence-electron chi connectivity index (χ1n) is 11.2. The molecule has 1 aromatic carbocycles. The van der Waals surface area contributed by atoms with Crippen LogP contribution in [0.25, 0.3) is 10.9 Å². The summed E-state index contributed by atoms with van der Waals surface area (Å²) in [7, 11) is 4.29. The summed E-state index contributed by atoms with van der Waals surface area (Å²) in [5, 5.41) is 1.28. The number of carbonyl (C=O) groups excluding carboxylic acids is 1. The van der Waals surface area contributed by atoms with Crippen molar-refractivity contribution in [1.82, 2.24) is 14.8 Å². The Bertz CT molecular complexity index is 1130. The molecule has 0 radical (unpaired) electrons. The van der Waals surface area contributed by atoms with E-state index in [2.05, 4.69) is 66.6 Å². The van der Waals surface area contributed by atoms with Crippen molar-refractivity contribution in [3.05, 3.63) is 71.8 Å². The van der Waals surface area contributed by atoms with Crippen molar-refractivity contribution in [2.75, 3.05) is 20.6 Å². The van der Waals surface area contributed by atoms with E-state index in [4.69, 9.17) is 4.42 Å². The first kappa shape index (κ1) is 20.1. The first-order valence-corrected chi connectivity index (χ1v) is 11.2. The smallest absolute Gasteiger partial charge is 0.290 e. The molecule has 5 heteroatoms. The van der Waals surface area contributed by atoms with Gasteiger partial charge in [-0.15, -0.1) is 0 Å². The lowest BCUT2D eigenvalue weighted by Crippen LogP contribution is -2.59. The van der Waals surface area contributed by atoms with Gasteiger partial charge in [-0.05, 0) is 76.9 Å². The summed E-state index contributed by atoms with van der Waals surface area (Å²) in [5.74, 6) is 0.408. The van der Waals surface area contributed by atoms with Crippen LogP contribution >= 0.6 is 0 Å². The minimum atomic E-state index is -0.356. The molecule has 1 N–H and O–H groups in total. The van der Waals surface area contributed by atoms with E-state index >= 15 is 0 Å². The molecule has 0 bridgehead atoms.